The molecule has 7 nitrogen and oxygen atoms in total. The number of hydrogen-bond donors (Lipinski definition) is 2. The minimum Gasteiger partial charge on any atom is -0.492 e. The first-order valence-corrected chi connectivity index (χ1v) is 13.7. The van der Waals surface area contributed by atoms with E-state index in [1.807, 2.05) is 0 Å². The number of nitrogens with one attached hydrogen (secondary N) is 2. The second kappa shape index (κ2) is 9.87. The van der Waals surface area contributed by atoms with Crippen LogP contribution in [-0.2, 0) is 6.42 Å². The van der Waals surface area contributed by atoms with E-state index < -0.39 is 0 Å². The van der Waals surface area contributed by atoms with Gasteiger partial charge in [0.1, 0.15) is 12.4 Å². The van der Waals surface area contributed by atoms with E-state index in [0.717, 1.165) is 64.7 Å². The van der Waals surface area contributed by atoms with Crippen LogP contribution in [0.2, 0.25) is 0 Å². The molecule has 2 N–H and O–H groups in total. The van der Waals surface area contributed by atoms with Crippen molar-refractivity contribution in [2.45, 2.75) is 53.0 Å². The summed E-state index contributed by atoms with van der Waals surface area (Å²) in [6.07, 6.45) is 3.31. The lowest BCUT2D eigenvalue weighted by Crippen LogP contribution is -2.33. The monoisotopic (exact) mass is 508 g/mol. The van der Waals surface area contributed by atoms with Crippen molar-refractivity contribution in [3.8, 4) is 28.4 Å². The van der Waals surface area contributed by atoms with Crippen molar-refractivity contribution in [3.05, 3.63) is 60.4 Å². The summed E-state index contributed by atoms with van der Waals surface area (Å²) in [5.74, 6) is 2.55. The molecule has 38 heavy (non-hydrogen) atoms. The molecular weight excluding hydrogens is 472 g/mol. The van der Waals surface area contributed by atoms with Crippen LogP contribution in [0.5, 0.6) is 5.75 Å². The Morgan fingerprint density at radius 3 is 2.61 bits per heavy atom. The molecule has 1 saturated heterocycles. The van der Waals surface area contributed by atoms with Crippen LogP contribution in [0.15, 0.2) is 54.6 Å². The summed E-state index contributed by atoms with van der Waals surface area (Å²) < 4.78 is 6.20. The number of rotatable bonds is 7. The van der Waals surface area contributed by atoms with Gasteiger partial charge in [0.2, 0.25) is 0 Å². The zero-order valence-corrected chi connectivity index (χ0v) is 22.7. The number of benzene rings is 3. The third kappa shape index (κ3) is 5.03. The molecule has 6 rings (SSSR count). The molecule has 3 aromatic carbocycles. The molecule has 0 radical (unpaired) electrons. The second-order valence-corrected chi connectivity index (χ2v) is 11.6. The maximum atomic E-state index is 6.20. The summed E-state index contributed by atoms with van der Waals surface area (Å²) >= 11 is 0. The number of H-pyrrole nitrogens is 2. The van der Waals surface area contributed by atoms with Crippen LogP contribution in [0.3, 0.4) is 0 Å². The first-order chi connectivity index (χ1) is 18.4. The van der Waals surface area contributed by atoms with Crippen LogP contribution in [0.4, 0.5) is 0 Å². The number of aromatic amines is 2. The van der Waals surface area contributed by atoms with E-state index >= 15 is 0 Å². The molecule has 5 aromatic rings. The van der Waals surface area contributed by atoms with Crippen molar-refractivity contribution < 1.29 is 4.74 Å². The molecule has 2 aromatic heterocycles. The van der Waals surface area contributed by atoms with E-state index in [9.17, 15) is 0 Å². The molecule has 1 aliphatic rings. The maximum Gasteiger partial charge on any atom is 0.155 e. The quantitative estimate of drug-likeness (QED) is 0.258. The zero-order valence-electron chi connectivity index (χ0n) is 22.7. The molecule has 0 amide bonds. The van der Waals surface area contributed by atoms with Crippen LogP contribution in [0.1, 0.15) is 46.4 Å². The van der Waals surface area contributed by atoms with Gasteiger partial charge < -0.3 is 4.74 Å². The number of fused-ring (bicyclic) bond motifs is 2. The van der Waals surface area contributed by atoms with Gasteiger partial charge in [-0.15, -0.1) is 0 Å². The molecule has 1 atom stereocenters. The highest BCUT2D eigenvalue weighted by Gasteiger charge is 2.23. The Labute approximate surface area is 223 Å². The lowest BCUT2D eigenvalue weighted by atomic mass is 9.92. The third-order valence-corrected chi connectivity index (χ3v) is 7.49. The highest BCUT2D eigenvalue weighted by atomic mass is 16.5. The average Bonchev–Trinajstić information content (AvgIpc) is 3.65. The van der Waals surface area contributed by atoms with Crippen LogP contribution in [0.25, 0.3) is 44.3 Å². The summed E-state index contributed by atoms with van der Waals surface area (Å²) in [6, 6.07) is 19.6. The van der Waals surface area contributed by atoms with Crippen LogP contribution >= 0.6 is 0 Å². The van der Waals surface area contributed by atoms with Gasteiger partial charge in [-0.25, -0.2) is 4.98 Å². The van der Waals surface area contributed by atoms with Gasteiger partial charge in [0, 0.05) is 29.0 Å². The van der Waals surface area contributed by atoms with Crippen LogP contribution in [-0.4, -0.2) is 56.0 Å². The first-order valence-electron chi connectivity index (χ1n) is 13.7. The predicted octanol–water partition coefficient (Wildman–Crippen LogP) is 6.62. The Balaban J connectivity index is 1.25. The third-order valence-electron chi connectivity index (χ3n) is 7.49. The number of aromatic nitrogens is 5. The number of hydrogen-bond acceptors (Lipinski definition) is 5. The molecule has 0 saturated carbocycles. The van der Waals surface area contributed by atoms with Gasteiger partial charge in [-0.3, -0.25) is 15.1 Å². The van der Waals surface area contributed by atoms with Gasteiger partial charge >= 0.3 is 0 Å². The van der Waals surface area contributed by atoms with E-state index in [-0.39, 0.29) is 5.41 Å². The first kappa shape index (κ1) is 24.6. The largest absolute Gasteiger partial charge is 0.492 e. The lowest BCUT2D eigenvalue weighted by molar-refractivity contribution is 0.179. The van der Waals surface area contributed by atoms with Gasteiger partial charge in [-0.2, -0.15) is 10.2 Å². The fourth-order valence-electron chi connectivity index (χ4n) is 5.51. The Hall–Kier alpha value is -3.71. The van der Waals surface area contributed by atoms with E-state index in [4.69, 9.17) is 9.72 Å². The van der Waals surface area contributed by atoms with Gasteiger partial charge in [-0.1, -0.05) is 45.9 Å². The fraction of sp³-hybridized carbons (Fsp3) is 0.387. The van der Waals surface area contributed by atoms with Crippen molar-refractivity contribution >= 4 is 21.7 Å². The number of nitrogens with zero attached hydrogens (tertiary/aromatic N) is 4. The van der Waals surface area contributed by atoms with Crippen molar-refractivity contribution in [1.82, 2.24) is 30.3 Å². The van der Waals surface area contributed by atoms with E-state index in [0.29, 0.717) is 6.04 Å². The minimum absolute atomic E-state index is 0.135. The standard InChI is InChI=1S/C31H36N6O/c1-5-37-14-6-7-24(37)19-38-25-12-10-20-15-22(9-8-21(20)16-25)29-26-17-23(11-13-27(26)33-35-29)30-32-28(34-36-30)18-31(2,3)4/h8-13,15-17,24H,5-7,14,18-19H2,1-4H3,(H,33,35)(H,32,34,36)/t24-/m0/s1. The van der Waals surface area contributed by atoms with E-state index in [1.54, 1.807) is 0 Å². The number of likely N-dealkylation sites (tertiary alicyclic amines) is 1. The summed E-state index contributed by atoms with van der Waals surface area (Å²) in [5, 5.41) is 18.8. The molecular formula is C31H36N6O. The second-order valence-electron chi connectivity index (χ2n) is 11.6. The number of ether oxygens (including phenoxy) is 1. The highest BCUT2D eigenvalue weighted by Crippen LogP contribution is 2.32. The normalized spacial score (nSPS) is 16.6. The van der Waals surface area contributed by atoms with Gasteiger partial charge in [-0.05, 0) is 78.5 Å². The lowest BCUT2D eigenvalue weighted by Gasteiger charge is -2.22. The zero-order chi connectivity index (χ0) is 26.3. The molecule has 0 bridgehead atoms. The average molecular weight is 509 g/mol. The molecule has 196 valence electrons. The smallest absolute Gasteiger partial charge is 0.155 e. The molecule has 1 fully saturated rings. The SMILES string of the molecule is CCN1CCC[C@H]1COc1ccc2cc(-c3n[nH]c4ccc(-c5nc(CC(C)(C)C)n[nH]5)cc34)ccc2c1. The number of likely N-dealkylation sites (N-methyl/N-ethyl adjacent to an activating group) is 1. The van der Waals surface area contributed by atoms with E-state index in [1.165, 1.54) is 30.2 Å². The summed E-state index contributed by atoms with van der Waals surface area (Å²) in [4.78, 5) is 7.26. The highest BCUT2D eigenvalue weighted by molar-refractivity contribution is 5.97. The molecule has 0 spiro atoms. The topological polar surface area (TPSA) is 82.7 Å². The molecule has 7 heteroatoms. The summed E-state index contributed by atoms with van der Waals surface area (Å²) in [6.45, 7) is 11.8. The summed E-state index contributed by atoms with van der Waals surface area (Å²) in [5.41, 5.74) is 4.13. The van der Waals surface area contributed by atoms with Crippen LogP contribution in [0, 0.1) is 5.41 Å². The van der Waals surface area contributed by atoms with Crippen molar-refractivity contribution in [2.75, 3.05) is 19.7 Å². The molecule has 0 aliphatic carbocycles. The van der Waals surface area contributed by atoms with Gasteiger partial charge in [0.05, 0.1) is 11.2 Å². The fourth-order valence-corrected chi connectivity index (χ4v) is 5.51. The van der Waals surface area contributed by atoms with Gasteiger partial charge in [0.15, 0.2) is 11.6 Å². The Morgan fingerprint density at radius 1 is 0.947 bits per heavy atom. The maximum absolute atomic E-state index is 6.20. The Morgan fingerprint density at radius 2 is 1.76 bits per heavy atom. The van der Waals surface area contributed by atoms with Crippen molar-refractivity contribution in [2.24, 2.45) is 5.41 Å². The van der Waals surface area contributed by atoms with Crippen molar-refractivity contribution in [3.63, 3.8) is 0 Å². The molecule has 0 unspecified atom stereocenters. The van der Waals surface area contributed by atoms with Gasteiger partial charge in [0.25, 0.3) is 0 Å². The predicted molar refractivity (Wildman–Crippen MR) is 153 cm³/mol. The van der Waals surface area contributed by atoms with Crippen LogP contribution < -0.4 is 4.74 Å². The minimum atomic E-state index is 0.135. The van der Waals surface area contributed by atoms with E-state index in [2.05, 4.69) is 108 Å². The Bertz CT molecular complexity index is 1580. The molecule has 1 aliphatic heterocycles. The van der Waals surface area contributed by atoms with Crippen molar-refractivity contribution in [1.29, 1.82) is 0 Å². The molecule has 3 heterocycles. The Kier molecular flexibility index (Phi) is 6.40. The summed E-state index contributed by atoms with van der Waals surface area (Å²) in [7, 11) is 0.